The molecule has 178 valence electrons. The van der Waals surface area contributed by atoms with Crippen molar-refractivity contribution in [1.82, 2.24) is 20.4 Å². The molecule has 0 radical (unpaired) electrons. The molecule has 1 aliphatic rings. The summed E-state index contributed by atoms with van der Waals surface area (Å²) in [5.41, 5.74) is 4.06. The molecule has 34 heavy (non-hydrogen) atoms. The van der Waals surface area contributed by atoms with Gasteiger partial charge in [-0.25, -0.2) is 9.18 Å². The molecule has 8 heteroatoms. The van der Waals surface area contributed by atoms with Gasteiger partial charge >= 0.3 is 6.03 Å². The molecule has 1 N–H and O–H groups in total. The average molecular weight is 465 g/mol. The van der Waals surface area contributed by atoms with E-state index in [1.54, 1.807) is 11.0 Å². The summed E-state index contributed by atoms with van der Waals surface area (Å²) in [4.78, 5) is 19.3. The van der Waals surface area contributed by atoms with E-state index < -0.39 is 11.9 Å². The summed E-state index contributed by atoms with van der Waals surface area (Å²) in [6.07, 6.45) is 0.923. The molecule has 4 rings (SSSR count). The van der Waals surface area contributed by atoms with Gasteiger partial charge in [-0.1, -0.05) is 50.2 Å². The van der Waals surface area contributed by atoms with Crippen molar-refractivity contribution in [1.29, 1.82) is 0 Å². The smallest absolute Gasteiger partial charge is 0.322 e. The number of rotatable bonds is 7. The van der Waals surface area contributed by atoms with E-state index in [0.29, 0.717) is 12.1 Å². The Morgan fingerprint density at radius 2 is 1.94 bits per heavy atom. The average Bonchev–Trinajstić information content (AvgIpc) is 3.31. The third-order valence-corrected chi connectivity index (χ3v) is 5.93. The predicted molar refractivity (Wildman–Crippen MR) is 127 cm³/mol. The highest BCUT2D eigenvalue weighted by Gasteiger charge is 2.36. The molecule has 0 aliphatic carbocycles. The molecule has 0 saturated carbocycles. The zero-order valence-electron chi connectivity index (χ0n) is 20.1. The number of allylic oxidation sites excluding steroid dienone is 1. The van der Waals surface area contributed by atoms with Crippen LogP contribution in [0.1, 0.15) is 50.8 Å². The monoisotopic (exact) mass is 464 g/mol. The lowest BCUT2D eigenvalue weighted by atomic mass is 9.93. The van der Waals surface area contributed by atoms with Crippen molar-refractivity contribution in [3.8, 4) is 17.1 Å². The van der Waals surface area contributed by atoms with Gasteiger partial charge in [0.25, 0.3) is 5.89 Å². The highest BCUT2D eigenvalue weighted by molar-refractivity contribution is 5.86. The van der Waals surface area contributed by atoms with Gasteiger partial charge in [0.05, 0.1) is 18.7 Å². The summed E-state index contributed by atoms with van der Waals surface area (Å²) >= 11 is 0. The molecule has 0 saturated heterocycles. The second kappa shape index (κ2) is 9.67. The summed E-state index contributed by atoms with van der Waals surface area (Å²) in [5.74, 6) is 0.429. The van der Waals surface area contributed by atoms with Gasteiger partial charge in [0, 0.05) is 17.8 Å². The van der Waals surface area contributed by atoms with Crippen molar-refractivity contribution < 1.29 is 18.4 Å². The van der Waals surface area contributed by atoms with E-state index in [-0.39, 0.29) is 29.4 Å². The lowest BCUT2D eigenvalue weighted by Crippen LogP contribution is -2.47. The third-order valence-electron chi connectivity index (χ3n) is 5.93. The summed E-state index contributed by atoms with van der Waals surface area (Å²) in [5, 5.41) is 7.20. The molecule has 7 nitrogen and oxygen atoms in total. The molecule has 0 fully saturated rings. The topological polar surface area (TPSA) is 80.5 Å². The SMILES string of the molecule is CCc1ccc(C2NC(=O)N(CC(C)C)C(C)=C2c2nc(-c3ccc(OC)c(F)c3)no2)cc1. The minimum Gasteiger partial charge on any atom is -0.494 e. The van der Waals surface area contributed by atoms with E-state index in [1.807, 2.05) is 31.2 Å². The number of aromatic nitrogens is 2. The van der Waals surface area contributed by atoms with Crippen LogP contribution >= 0.6 is 0 Å². The highest BCUT2D eigenvalue weighted by atomic mass is 19.1. The number of nitrogens with zero attached hydrogens (tertiary/aromatic N) is 3. The number of amides is 2. The fourth-order valence-electron chi connectivity index (χ4n) is 4.09. The van der Waals surface area contributed by atoms with Crippen molar-refractivity contribution >= 4 is 11.6 Å². The fraction of sp³-hybridized carbons (Fsp3) is 0.346. The Labute approximate surface area is 198 Å². The number of aryl methyl sites for hydroxylation is 1. The number of ether oxygens (including phenoxy) is 1. The molecule has 3 aromatic rings. The molecule has 1 aliphatic heterocycles. The Bertz CT molecular complexity index is 1220. The normalized spacial score (nSPS) is 16.3. The molecular formula is C26H29FN4O3. The van der Waals surface area contributed by atoms with Gasteiger partial charge in [0.15, 0.2) is 11.6 Å². The number of hydrogen-bond donors (Lipinski definition) is 1. The Kier molecular flexibility index (Phi) is 6.68. The van der Waals surface area contributed by atoms with Crippen LogP contribution in [0.15, 0.2) is 52.7 Å². The van der Waals surface area contributed by atoms with Crippen LogP contribution in [0.3, 0.4) is 0 Å². The van der Waals surface area contributed by atoms with Crippen LogP contribution in [0.5, 0.6) is 5.75 Å². The molecule has 1 unspecified atom stereocenters. The van der Waals surface area contributed by atoms with Crippen LogP contribution < -0.4 is 10.1 Å². The molecule has 1 aromatic heterocycles. The predicted octanol–water partition coefficient (Wildman–Crippen LogP) is 5.60. The van der Waals surface area contributed by atoms with Crippen LogP contribution in [0.25, 0.3) is 17.0 Å². The summed E-state index contributed by atoms with van der Waals surface area (Å²) in [7, 11) is 1.41. The van der Waals surface area contributed by atoms with Crippen molar-refractivity contribution in [2.24, 2.45) is 5.92 Å². The Balaban J connectivity index is 1.79. The maximum absolute atomic E-state index is 14.2. The first-order chi connectivity index (χ1) is 16.3. The Morgan fingerprint density at radius 1 is 1.21 bits per heavy atom. The van der Waals surface area contributed by atoms with Crippen LogP contribution in [-0.4, -0.2) is 34.7 Å². The van der Waals surface area contributed by atoms with Gasteiger partial charge in [-0.2, -0.15) is 4.98 Å². The quantitative estimate of drug-likeness (QED) is 0.492. The lowest BCUT2D eigenvalue weighted by molar-refractivity contribution is 0.199. The van der Waals surface area contributed by atoms with Crippen molar-refractivity contribution in [2.45, 2.75) is 40.2 Å². The highest BCUT2D eigenvalue weighted by Crippen LogP contribution is 2.38. The Hall–Kier alpha value is -3.68. The number of halogens is 1. The number of carbonyl (C=O) groups is 1. The standard InChI is InChI=1S/C26H29FN4O3/c1-6-17-7-9-18(10-8-17)23-22(16(4)31(14-15(2)3)26(32)28-23)25-29-24(30-34-25)19-11-12-21(33-5)20(27)13-19/h7-13,15,23H,6,14H2,1-5H3,(H,28,32). The summed E-state index contributed by atoms with van der Waals surface area (Å²) < 4.78 is 24.9. The minimum atomic E-state index is -0.510. The first kappa shape index (κ1) is 23.5. The van der Waals surface area contributed by atoms with E-state index >= 15 is 0 Å². The first-order valence-corrected chi connectivity index (χ1v) is 11.4. The van der Waals surface area contributed by atoms with Crippen LogP contribution in [0, 0.1) is 11.7 Å². The largest absolute Gasteiger partial charge is 0.494 e. The Morgan fingerprint density at radius 3 is 2.56 bits per heavy atom. The van der Waals surface area contributed by atoms with E-state index in [0.717, 1.165) is 23.3 Å². The van der Waals surface area contributed by atoms with Crippen molar-refractivity contribution in [3.63, 3.8) is 0 Å². The number of methoxy groups -OCH3 is 1. The van der Waals surface area contributed by atoms with Gasteiger partial charge in [-0.3, -0.25) is 4.90 Å². The second-order valence-corrected chi connectivity index (χ2v) is 8.75. The van der Waals surface area contributed by atoms with Gasteiger partial charge < -0.3 is 14.6 Å². The fourth-order valence-corrected chi connectivity index (χ4v) is 4.09. The molecular weight excluding hydrogens is 435 g/mol. The van der Waals surface area contributed by atoms with Crippen LogP contribution in [-0.2, 0) is 6.42 Å². The molecule has 0 spiro atoms. The van der Waals surface area contributed by atoms with E-state index in [2.05, 4.69) is 36.2 Å². The number of urea groups is 1. The first-order valence-electron chi connectivity index (χ1n) is 11.4. The van der Waals surface area contributed by atoms with Gasteiger partial charge in [-0.05, 0) is 48.6 Å². The number of benzene rings is 2. The number of hydrogen-bond acceptors (Lipinski definition) is 5. The third kappa shape index (κ3) is 4.53. The second-order valence-electron chi connectivity index (χ2n) is 8.75. The molecule has 1 atom stereocenters. The van der Waals surface area contributed by atoms with Gasteiger partial charge in [-0.15, -0.1) is 0 Å². The maximum atomic E-state index is 14.2. The molecule has 2 aromatic carbocycles. The van der Waals surface area contributed by atoms with Gasteiger partial charge in [0.2, 0.25) is 5.82 Å². The number of nitrogens with one attached hydrogen (secondary N) is 1. The minimum absolute atomic E-state index is 0.140. The molecule has 2 amide bonds. The van der Waals surface area contributed by atoms with E-state index in [1.165, 1.54) is 24.8 Å². The maximum Gasteiger partial charge on any atom is 0.322 e. The van der Waals surface area contributed by atoms with Crippen LogP contribution in [0.4, 0.5) is 9.18 Å². The van der Waals surface area contributed by atoms with Gasteiger partial charge in [0.1, 0.15) is 0 Å². The molecule has 0 bridgehead atoms. The summed E-state index contributed by atoms with van der Waals surface area (Å²) in [6, 6.07) is 12.0. The van der Waals surface area contributed by atoms with E-state index in [4.69, 9.17) is 9.26 Å². The lowest BCUT2D eigenvalue weighted by Gasteiger charge is -2.36. The van der Waals surface area contributed by atoms with E-state index in [9.17, 15) is 9.18 Å². The van der Waals surface area contributed by atoms with Crippen molar-refractivity contribution in [3.05, 3.63) is 71.0 Å². The zero-order chi connectivity index (χ0) is 24.4. The summed E-state index contributed by atoms with van der Waals surface area (Å²) in [6.45, 7) is 8.64. The van der Waals surface area contributed by atoms with Crippen LogP contribution in [0.2, 0.25) is 0 Å². The van der Waals surface area contributed by atoms with Crippen molar-refractivity contribution in [2.75, 3.05) is 13.7 Å². The number of carbonyl (C=O) groups excluding carboxylic acids is 1. The molecule has 2 heterocycles. The zero-order valence-corrected chi connectivity index (χ0v) is 20.1.